The lowest BCUT2D eigenvalue weighted by Crippen LogP contribution is -2.43. The fraction of sp³-hybridized carbons (Fsp3) is 0.952. The maximum absolute atomic E-state index is 12.9. The number of rotatable bonds is 7. The number of hydrogen-bond acceptors (Lipinski definition) is 4. The van der Waals surface area contributed by atoms with Gasteiger partial charge in [-0.1, -0.05) is 52.4 Å². The smallest absolute Gasteiger partial charge is 0.312 e. The van der Waals surface area contributed by atoms with Crippen LogP contribution < -0.4 is 0 Å². The van der Waals surface area contributed by atoms with Crippen LogP contribution in [0.1, 0.15) is 85.0 Å². The quantitative estimate of drug-likeness (QED) is 0.632. The highest BCUT2D eigenvalue weighted by molar-refractivity contribution is 5.85. The Kier molecular flexibility index (Phi) is 14.5. The summed E-state index contributed by atoms with van der Waals surface area (Å²) in [5.74, 6) is 0.716. The zero-order valence-corrected chi connectivity index (χ0v) is 18.1. The molecule has 2 saturated carbocycles. The van der Waals surface area contributed by atoms with E-state index in [1.54, 1.807) is 6.92 Å². The second kappa shape index (κ2) is 14.7. The Hall–Kier alpha value is -0.320. The van der Waals surface area contributed by atoms with Gasteiger partial charge in [-0.05, 0) is 51.6 Å². The number of likely N-dealkylation sites (N-methyl/N-ethyl adjacent to an activating group) is 1. The molecule has 0 bridgehead atoms. The predicted octanol–water partition coefficient (Wildman–Crippen LogP) is 4.82. The molecule has 5 heteroatoms. The first kappa shape index (κ1) is 25.7. The largest absolute Gasteiger partial charge is 0.464 e. The topological polar surface area (TPSA) is 49.8 Å². The van der Waals surface area contributed by atoms with E-state index >= 15 is 0 Å². The maximum Gasteiger partial charge on any atom is 0.312 e. The summed E-state index contributed by atoms with van der Waals surface area (Å²) in [6.45, 7) is 9.75. The number of hydrogen-bond donors (Lipinski definition) is 1. The van der Waals surface area contributed by atoms with E-state index in [9.17, 15) is 4.79 Å². The molecule has 0 spiro atoms. The van der Waals surface area contributed by atoms with Crippen LogP contribution in [0.2, 0.25) is 0 Å². The van der Waals surface area contributed by atoms with Gasteiger partial charge >= 0.3 is 5.97 Å². The Morgan fingerprint density at radius 2 is 1.50 bits per heavy atom. The number of esters is 1. The number of halogens is 1. The van der Waals surface area contributed by atoms with Gasteiger partial charge in [0, 0.05) is 13.2 Å². The van der Waals surface area contributed by atoms with Gasteiger partial charge in [0.25, 0.3) is 0 Å². The molecule has 26 heavy (non-hydrogen) atoms. The SMILES string of the molecule is CCN(CC)CCOC(=O)C1(C2CCCCC2)CCCCC1.CCO.Cl. The van der Waals surface area contributed by atoms with Crippen molar-refractivity contribution in [2.75, 3.05) is 32.8 Å². The molecule has 0 unspecified atom stereocenters. The lowest BCUT2D eigenvalue weighted by Gasteiger charge is -2.43. The summed E-state index contributed by atoms with van der Waals surface area (Å²) in [5.41, 5.74) is -0.137. The number of carbonyl (C=O) groups is 1. The second-order valence-corrected chi connectivity index (χ2v) is 7.53. The van der Waals surface area contributed by atoms with Crippen LogP contribution in [0.3, 0.4) is 0 Å². The van der Waals surface area contributed by atoms with Gasteiger partial charge in [-0.3, -0.25) is 4.79 Å². The van der Waals surface area contributed by atoms with E-state index in [1.807, 2.05) is 0 Å². The Balaban J connectivity index is 0.00000146. The fourth-order valence-electron chi connectivity index (χ4n) is 4.57. The third-order valence-corrected chi connectivity index (χ3v) is 6.07. The van der Waals surface area contributed by atoms with Gasteiger partial charge in [-0.15, -0.1) is 12.4 Å². The highest BCUT2D eigenvalue weighted by Crippen LogP contribution is 2.49. The van der Waals surface area contributed by atoms with Crippen molar-refractivity contribution in [2.24, 2.45) is 11.3 Å². The summed E-state index contributed by atoms with van der Waals surface area (Å²) >= 11 is 0. The standard InChI is InChI=1S/C19H35NO2.C2H6O.ClH/c1-3-20(4-2)15-16-22-18(21)19(13-9-6-10-14-19)17-11-7-5-8-12-17;1-2-3;/h17H,3-16H2,1-2H3;3H,2H2,1H3;1H. The lowest BCUT2D eigenvalue weighted by molar-refractivity contribution is -0.164. The van der Waals surface area contributed by atoms with Gasteiger partial charge in [0.05, 0.1) is 5.41 Å². The monoisotopic (exact) mass is 391 g/mol. The average Bonchev–Trinajstić information content (AvgIpc) is 2.67. The first-order chi connectivity index (χ1) is 12.1. The molecule has 0 saturated heterocycles. The molecule has 2 aliphatic rings. The van der Waals surface area contributed by atoms with Crippen molar-refractivity contribution in [3.8, 4) is 0 Å². The molecule has 0 aromatic rings. The molecule has 156 valence electrons. The van der Waals surface area contributed by atoms with Crippen LogP contribution in [0.5, 0.6) is 0 Å². The van der Waals surface area contributed by atoms with Crippen LogP contribution in [-0.2, 0) is 9.53 Å². The van der Waals surface area contributed by atoms with Gasteiger partial charge in [-0.2, -0.15) is 0 Å². The van der Waals surface area contributed by atoms with E-state index in [4.69, 9.17) is 9.84 Å². The molecule has 1 N–H and O–H groups in total. The molecule has 2 aliphatic carbocycles. The van der Waals surface area contributed by atoms with E-state index in [-0.39, 0.29) is 30.4 Å². The van der Waals surface area contributed by atoms with E-state index in [2.05, 4.69) is 18.7 Å². The molecule has 0 radical (unpaired) electrons. The third-order valence-electron chi connectivity index (χ3n) is 6.07. The summed E-state index contributed by atoms with van der Waals surface area (Å²) in [5, 5.41) is 7.57. The molecule has 2 fully saturated rings. The first-order valence-electron chi connectivity index (χ1n) is 10.6. The summed E-state index contributed by atoms with van der Waals surface area (Å²) in [6.07, 6.45) is 12.3. The highest BCUT2D eigenvalue weighted by atomic mass is 35.5. The van der Waals surface area contributed by atoms with Crippen molar-refractivity contribution in [3.05, 3.63) is 0 Å². The summed E-state index contributed by atoms with van der Waals surface area (Å²) in [6, 6.07) is 0. The molecule has 0 heterocycles. The molecular formula is C21H42ClNO3. The minimum atomic E-state index is -0.137. The van der Waals surface area contributed by atoms with Gasteiger partial charge in [0.1, 0.15) is 6.61 Å². The molecular weight excluding hydrogens is 350 g/mol. The zero-order valence-electron chi connectivity index (χ0n) is 17.3. The van der Waals surface area contributed by atoms with Crippen LogP contribution in [-0.4, -0.2) is 48.8 Å². The van der Waals surface area contributed by atoms with Gasteiger partial charge in [-0.25, -0.2) is 0 Å². The summed E-state index contributed by atoms with van der Waals surface area (Å²) < 4.78 is 5.79. The molecule has 0 atom stereocenters. The minimum Gasteiger partial charge on any atom is -0.464 e. The summed E-state index contributed by atoms with van der Waals surface area (Å²) in [4.78, 5) is 15.3. The molecule has 0 aromatic heterocycles. The van der Waals surface area contributed by atoms with Gasteiger partial charge in [0.2, 0.25) is 0 Å². The Bertz CT molecular complexity index is 349. The Morgan fingerprint density at radius 3 is 2.00 bits per heavy atom. The van der Waals surface area contributed by atoms with Gasteiger partial charge < -0.3 is 14.7 Å². The summed E-state index contributed by atoms with van der Waals surface area (Å²) in [7, 11) is 0. The fourth-order valence-corrected chi connectivity index (χ4v) is 4.57. The number of ether oxygens (including phenoxy) is 1. The van der Waals surface area contributed by atoms with Crippen molar-refractivity contribution >= 4 is 18.4 Å². The minimum absolute atomic E-state index is 0. The molecule has 0 amide bonds. The Labute approximate surface area is 167 Å². The van der Waals surface area contributed by atoms with Crippen LogP contribution in [0.25, 0.3) is 0 Å². The van der Waals surface area contributed by atoms with Crippen LogP contribution in [0, 0.1) is 11.3 Å². The molecule has 0 aromatic carbocycles. The van der Waals surface area contributed by atoms with E-state index in [0.29, 0.717) is 12.5 Å². The predicted molar refractivity (Wildman–Crippen MR) is 111 cm³/mol. The molecule has 4 nitrogen and oxygen atoms in total. The number of nitrogens with zero attached hydrogens (tertiary/aromatic N) is 1. The molecule has 2 rings (SSSR count). The first-order valence-corrected chi connectivity index (χ1v) is 10.6. The third kappa shape index (κ3) is 7.74. The number of aliphatic hydroxyl groups is 1. The van der Waals surface area contributed by atoms with E-state index in [0.717, 1.165) is 32.5 Å². The van der Waals surface area contributed by atoms with E-state index in [1.165, 1.54) is 51.4 Å². The second-order valence-electron chi connectivity index (χ2n) is 7.53. The van der Waals surface area contributed by atoms with Crippen LogP contribution >= 0.6 is 12.4 Å². The number of carbonyl (C=O) groups excluding carboxylic acids is 1. The van der Waals surface area contributed by atoms with Crippen LogP contribution in [0.4, 0.5) is 0 Å². The van der Waals surface area contributed by atoms with Crippen molar-refractivity contribution in [3.63, 3.8) is 0 Å². The maximum atomic E-state index is 12.9. The number of aliphatic hydroxyl groups excluding tert-OH is 1. The Morgan fingerprint density at radius 1 is 1.00 bits per heavy atom. The van der Waals surface area contributed by atoms with Crippen molar-refractivity contribution in [1.82, 2.24) is 4.90 Å². The normalized spacial score (nSPS) is 19.9. The van der Waals surface area contributed by atoms with Crippen molar-refractivity contribution in [2.45, 2.75) is 85.0 Å². The lowest BCUT2D eigenvalue weighted by atomic mass is 9.62. The van der Waals surface area contributed by atoms with Gasteiger partial charge in [0.15, 0.2) is 0 Å². The van der Waals surface area contributed by atoms with E-state index < -0.39 is 0 Å². The van der Waals surface area contributed by atoms with Crippen LogP contribution in [0.15, 0.2) is 0 Å². The van der Waals surface area contributed by atoms with Crippen molar-refractivity contribution < 1.29 is 14.6 Å². The zero-order chi connectivity index (χ0) is 18.5. The average molecular weight is 392 g/mol. The van der Waals surface area contributed by atoms with Crippen molar-refractivity contribution in [1.29, 1.82) is 0 Å². The highest BCUT2D eigenvalue weighted by Gasteiger charge is 2.47. The molecule has 0 aliphatic heterocycles.